The van der Waals surface area contributed by atoms with Gasteiger partial charge in [0.05, 0.1) is 0 Å². The van der Waals surface area contributed by atoms with Crippen LogP contribution in [0.5, 0.6) is 0 Å². The second kappa shape index (κ2) is 4.60. The Morgan fingerprint density at radius 1 is 0.952 bits per heavy atom. The zero-order valence-corrected chi connectivity index (χ0v) is 12.7. The number of hydrogen-bond acceptors (Lipinski definition) is 2. The number of anilines is 1. The Kier molecular flexibility index (Phi) is 2.72. The molecule has 0 aliphatic carbocycles. The van der Waals surface area contributed by atoms with E-state index in [1.165, 1.54) is 10.8 Å². The molecule has 0 radical (unpaired) electrons. The van der Waals surface area contributed by atoms with Crippen LogP contribution in [0.1, 0.15) is 0 Å². The smallest absolute Gasteiger partial charge is 0.139 e. The largest absolute Gasteiger partial charge is 0.383 e. The number of hydrogen-bond donors (Lipinski definition) is 1. The lowest BCUT2D eigenvalue weighted by molar-refractivity contribution is 1.18. The van der Waals surface area contributed by atoms with Crippen molar-refractivity contribution < 1.29 is 0 Å². The number of nitrogens with two attached hydrogens (primary N) is 1. The van der Waals surface area contributed by atoms with Gasteiger partial charge in [0.1, 0.15) is 17.2 Å². The van der Waals surface area contributed by atoms with Gasteiger partial charge in [0.15, 0.2) is 0 Å². The van der Waals surface area contributed by atoms with Crippen LogP contribution in [-0.2, 0) is 0 Å². The second-order valence-electron chi connectivity index (χ2n) is 4.98. The number of imidazole rings is 1. The maximum absolute atomic E-state index is 6.26. The molecule has 2 heterocycles. The van der Waals surface area contributed by atoms with Gasteiger partial charge in [-0.3, -0.25) is 4.40 Å². The van der Waals surface area contributed by atoms with Gasteiger partial charge in [0.2, 0.25) is 0 Å². The van der Waals surface area contributed by atoms with Gasteiger partial charge >= 0.3 is 0 Å². The Balaban J connectivity index is 1.97. The van der Waals surface area contributed by atoms with E-state index in [4.69, 9.17) is 5.73 Å². The highest BCUT2D eigenvalue weighted by Crippen LogP contribution is 2.29. The number of rotatable bonds is 1. The van der Waals surface area contributed by atoms with Gasteiger partial charge in [0.25, 0.3) is 0 Å². The zero-order valence-electron chi connectivity index (χ0n) is 11.1. The second-order valence-corrected chi connectivity index (χ2v) is 5.90. The minimum atomic E-state index is 0.654. The molecule has 4 rings (SSSR count). The molecule has 2 aromatic heterocycles. The van der Waals surface area contributed by atoms with Crippen molar-refractivity contribution in [1.29, 1.82) is 0 Å². The quantitative estimate of drug-likeness (QED) is 0.555. The van der Waals surface area contributed by atoms with E-state index in [-0.39, 0.29) is 0 Å². The lowest BCUT2D eigenvalue weighted by Crippen LogP contribution is -1.94. The number of pyridine rings is 1. The lowest BCUT2D eigenvalue weighted by Gasteiger charge is -2.02. The standard InChI is InChI=1S/C17H12BrN3/c18-14-7-8-15-20-16(17(19)21(15)10-14)13-6-5-11-3-1-2-4-12(11)9-13/h1-10H,19H2. The third kappa shape index (κ3) is 1.99. The normalized spacial score (nSPS) is 11.3. The molecule has 4 aromatic rings. The van der Waals surface area contributed by atoms with Gasteiger partial charge in [0, 0.05) is 16.2 Å². The Hall–Kier alpha value is -2.33. The summed E-state index contributed by atoms with van der Waals surface area (Å²) in [4.78, 5) is 4.65. The summed E-state index contributed by atoms with van der Waals surface area (Å²) in [6, 6.07) is 18.5. The Labute approximate surface area is 130 Å². The van der Waals surface area contributed by atoms with E-state index in [9.17, 15) is 0 Å². The number of nitrogens with zero attached hydrogens (tertiary/aromatic N) is 2. The lowest BCUT2D eigenvalue weighted by atomic mass is 10.1. The molecule has 0 amide bonds. The predicted octanol–water partition coefficient (Wildman–Crippen LogP) is 4.50. The van der Waals surface area contributed by atoms with Gasteiger partial charge in [-0.2, -0.15) is 0 Å². The molecule has 2 N–H and O–H groups in total. The molecule has 0 unspecified atom stereocenters. The average molecular weight is 338 g/mol. The van der Waals surface area contributed by atoms with Crippen LogP contribution in [0, 0.1) is 0 Å². The Morgan fingerprint density at radius 2 is 1.76 bits per heavy atom. The van der Waals surface area contributed by atoms with Crippen LogP contribution in [0.3, 0.4) is 0 Å². The van der Waals surface area contributed by atoms with Crippen LogP contribution >= 0.6 is 15.9 Å². The molecule has 21 heavy (non-hydrogen) atoms. The van der Waals surface area contributed by atoms with Crippen LogP contribution in [0.15, 0.2) is 65.3 Å². The van der Waals surface area contributed by atoms with E-state index >= 15 is 0 Å². The number of fused-ring (bicyclic) bond motifs is 2. The summed E-state index contributed by atoms with van der Waals surface area (Å²) in [5.74, 6) is 0.654. The average Bonchev–Trinajstić information content (AvgIpc) is 2.84. The minimum absolute atomic E-state index is 0.654. The fourth-order valence-corrected chi connectivity index (χ4v) is 2.92. The van der Waals surface area contributed by atoms with Crippen molar-refractivity contribution in [2.45, 2.75) is 0 Å². The van der Waals surface area contributed by atoms with Crippen molar-refractivity contribution in [2.24, 2.45) is 0 Å². The molecular formula is C17H12BrN3. The molecule has 0 atom stereocenters. The van der Waals surface area contributed by atoms with Crippen molar-refractivity contribution in [3.63, 3.8) is 0 Å². The maximum Gasteiger partial charge on any atom is 0.139 e. The van der Waals surface area contributed by atoms with Crippen LogP contribution in [0.4, 0.5) is 5.82 Å². The van der Waals surface area contributed by atoms with E-state index in [1.54, 1.807) is 0 Å². The molecule has 0 fully saturated rings. The molecule has 0 aliphatic heterocycles. The molecule has 2 aromatic carbocycles. The number of nitrogen functional groups attached to an aromatic ring is 1. The van der Waals surface area contributed by atoms with Crippen molar-refractivity contribution in [3.8, 4) is 11.3 Å². The minimum Gasteiger partial charge on any atom is -0.383 e. The van der Waals surface area contributed by atoms with E-state index in [0.717, 1.165) is 21.4 Å². The molecule has 4 heteroatoms. The zero-order chi connectivity index (χ0) is 14.4. The summed E-state index contributed by atoms with van der Waals surface area (Å²) in [6.45, 7) is 0. The monoisotopic (exact) mass is 337 g/mol. The molecule has 3 nitrogen and oxygen atoms in total. The van der Waals surface area contributed by atoms with E-state index in [2.05, 4.69) is 51.2 Å². The highest BCUT2D eigenvalue weighted by atomic mass is 79.9. The Morgan fingerprint density at radius 3 is 2.62 bits per heavy atom. The van der Waals surface area contributed by atoms with Gasteiger partial charge in [-0.1, -0.05) is 36.4 Å². The highest BCUT2D eigenvalue weighted by molar-refractivity contribution is 9.10. The first-order valence-corrected chi connectivity index (χ1v) is 7.44. The molecule has 0 bridgehead atoms. The maximum atomic E-state index is 6.26. The number of benzene rings is 2. The van der Waals surface area contributed by atoms with Crippen molar-refractivity contribution >= 4 is 38.2 Å². The van der Waals surface area contributed by atoms with Crippen LogP contribution in [0.2, 0.25) is 0 Å². The first-order chi connectivity index (χ1) is 10.2. The molecule has 0 aliphatic rings. The molecule has 0 saturated heterocycles. The van der Waals surface area contributed by atoms with E-state index in [1.807, 2.05) is 34.9 Å². The number of aromatic nitrogens is 2. The van der Waals surface area contributed by atoms with Gasteiger partial charge in [-0.25, -0.2) is 4.98 Å². The van der Waals surface area contributed by atoms with Crippen molar-refractivity contribution in [1.82, 2.24) is 9.38 Å². The topological polar surface area (TPSA) is 43.3 Å². The third-order valence-electron chi connectivity index (χ3n) is 3.64. The predicted molar refractivity (Wildman–Crippen MR) is 90.2 cm³/mol. The highest BCUT2D eigenvalue weighted by Gasteiger charge is 2.11. The van der Waals surface area contributed by atoms with Crippen molar-refractivity contribution in [3.05, 3.63) is 65.3 Å². The summed E-state index contributed by atoms with van der Waals surface area (Å²) >= 11 is 3.46. The summed E-state index contributed by atoms with van der Waals surface area (Å²) in [6.07, 6.45) is 1.93. The molecular weight excluding hydrogens is 326 g/mol. The summed E-state index contributed by atoms with van der Waals surface area (Å²) < 4.78 is 2.87. The fraction of sp³-hybridized carbons (Fsp3) is 0. The first-order valence-electron chi connectivity index (χ1n) is 6.65. The number of halogens is 1. The summed E-state index contributed by atoms with van der Waals surface area (Å²) in [5.41, 5.74) is 8.96. The van der Waals surface area contributed by atoms with E-state index < -0.39 is 0 Å². The van der Waals surface area contributed by atoms with Gasteiger partial charge in [-0.15, -0.1) is 0 Å². The molecule has 102 valence electrons. The van der Waals surface area contributed by atoms with Crippen LogP contribution in [0.25, 0.3) is 27.7 Å². The first kappa shape index (κ1) is 12.4. The summed E-state index contributed by atoms with van der Waals surface area (Å²) in [5, 5.41) is 2.40. The van der Waals surface area contributed by atoms with Crippen LogP contribution < -0.4 is 5.73 Å². The van der Waals surface area contributed by atoms with Crippen molar-refractivity contribution in [2.75, 3.05) is 5.73 Å². The summed E-state index contributed by atoms with van der Waals surface area (Å²) in [7, 11) is 0. The Bertz CT molecular complexity index is 972. The third-order valence-corrected chi connectivity index (χ3v) is 4.11. The molecule has 0 spiro atoms. The van der Waals surface area contributed by atoms with Gasteiger partial charge < -0.3 is 5.73 Å². The van der Waals surface area contributed by atoms with E-state index in [0.29, 0.717) is 5.82 Å². The SMILES string of the molecule is Nc1c(-c2ccc3ccccc3c2)nc2ccc(Br)cn12. The van der Waals surface area contributed by atoms with Crippen LogP contribution in [-0.4, -0.2) is 9.38 Å². The fourth-order valence-electron chi connectivity index (χ4n) is 2.59. The van der Waals surface area contributed by atoms with Gasteiger partial charge in [-0.05, 0) is 44.9 Å². The molecule has 0 saturated carbocycles.